The highest BCUT2D eigenvalue weighted by molar-refractivity contribution is 5.97. The van der Waals surface area contributed by atoms with Gasteiger partial charge in [0.05, 0.1) is 11.9 Å². The maximum absolute atomic E-state index is 12.9. The van der Waals surface area contributed by atoms with Gasteiger partial charge >= 0.3 is 6.03 Å². The minimum atomic E-state index is -0.612. The van der Waals surface area contributed by atoms with Crippen LogP contribution >= 0.6 is 0 Å². The molecule has 150 valence electrons. The molecular formula is C22H25N5O2. The number of nitrogens with one attached hydrogen (secondary N) is 2. The van der Waals surface area contributed by atoms with Gasteiger partial charge in [-0.1, -0.05) is 48.5 Å². The number of imide groups is 1. The van der Waals surface area contributed by atoms with Gasteiger partial charge < -0.3 is 5.32 Å². The normalized spacial score (nSPS) is 11.8. The summed E-state index contributed by atoms with van der Waals surface area (Å²) in [7, 11) is 1.86. The Morgan fingerprint density at radius 3 is 2.38 bits per heavy atom. The maximum atomic E-state index is 12.9. The second-order valence-corrected chi connectivity index (χ2v) is 6.71. The summed E-state index contributed by atoms with van der Waals surface area (Å²) >= 11 is 0. The van der Waals surface area contributed by atoms with Gasteiger partial charge in [-0.3, -0.25) is 15.0 Å². The van der Waals surface area contributed by atoms with Crippen molar-refractivity contribution in [2.24, 2.45) is 0 Å². The molecule has 3 amide bonds. The van der Waals surface area contributed by atoms with E-state index in [1.54, 1.807) is 17.8 Å². The lowest BCUT2D eigenvalue weighted by atomic mass is 10.0. The van der Waals surface area contributed by atoms with E-state index in [2.05, 4.69) is 15.7 Å². The van der Waals surface area contributed by atoms with E-state index in [4.69, 9.17) is 0 Å². The van der Waals surface area contributed by atoms with Crippen molar-refractivity contribution in [3.8, 4) is 5.69 Å². The van der Waals surface area contributed by atoms with Gasteiger partial charge in [0.2, 0.25) is 5.91 Å². The summed E-state index contributed by atoms with van der Waals surface area (Å²) in [5.74, 6) is -0.375. The van der Waals surface area contributed by atoms with Crippen LogP contribution in [0.15, 0.2) is 73.1 Å². The van der Waals surface area contributed by atoms with Gasteiger partial charge in [-0.2, -0.15) is 5.10 Å². The molecule has 0 aliphatic rings. The van der Waals surface area contributed by atoms with Gasteiger partial charge in [0.25, 0.3) is 0 Å². The maximum Gasteiger partial charge on any atom is 0.321 e. The summed E-state index contributed by atoms with van der Waals surface area (Å²) in [6, 6.07) is 18.1. The largest absolute Gasteiger partial charge is 0.338 e. The van der Waals surface area contributed by atoms with Crippen LogP contribution in [0.25, 0.3) is 5.69 Å². The summed E-state index contributed by atoms with van der Waals surface area (Å²) < 4.78 is 1.80. The molecule has 0 fully saturated rings. The number of urea groups is 1. The lowest BCUT2D eigenvalue weighted by molar-refractivity contribution is -0.125. The number of nitrogens with zero attached hydrogens (tertiary/aromatic N) is 3. The molecule has 0 bridgehead atoms. The lowest BCUT2D eigenvalue weighted by Gasteiger charge is -2.27. The van der Waals surface area contributed by atoms with E-state index in [1.807, 2.05) is 78.8 Å². The van der Waals surface area contributed by atoms with Crippen LogP contribution < -0.4 is 10.6 Å². The smallest absolute Gasteiger partial charge is 0.321 e. The van der Waals surface area contributed by atoms with Crippen LogP contribution in [0, 0.1) is 0 Å². The molecule has 0 aliphatic carbocycles. The number of carbonyl (C=O) groups is 2. The monoisotopic (exact) mass is 391 g/mol. The number of likely N-dealkylation sites (N-methyl/N-ethyl adjacent to an activating group) is 1. The van der Waals surface area contributed by atoms with Crippen LogP contribution in [0.4, 0.5) is 4.79 Å². The molecule has 3 aromatic rings. The molecule has 1 atom stereocenters. The molecule has 1 heterocycles. The fourth-order valence-electron chi connectivity index (χ4n) is 3.17. The zero-order chi connectivity index (χ0) is 20.6. The number of hydrogen-bond donors (Lipinski definition) is 2. The standard InChI is InChI=1S/C22H25N5O2/c1-3-23-22(29)25-21(28)20(18-10-6-4-7-11-18)26(2)15-17-14-24-27(16-17)19-12-8-5-9-13-19/h4-14,16,20H,3,15H2,1-2H3,(H2,23,25,28,29). The van der Waals surface area contributed by atoms with Crippen LogP contribution in [0.5, 0.6) is 0 Å². The minimum absolute atomic E-state index is 0.375. The van der Waals surface area contributed by atoms with E-state index < -0.39 is 12.1 Å². The Hall–Kier alpha value is -3.45. The highest BCUT2D eigenvalue weighted by Crippen LogP contribution is 2.22. The minimum Gasteiger partial charge on any atom is -0.338 e. The Morgan fingerprint density at radius 1 is 1.07 bits per heavy atom. The number of para-hydroxylation sites is 1. The van der Waals surface area contributed by atoms with Crippen molar-refractivity contribution < 1.29 is 9.59 Å². The molecule has 0 saturated carbocycles. The first-order valence-corrected chi connectivity index (χ1v) is 9.51. The number of carbonyl (C=O) groups excluding carboxylic acids is 2. The molecule has 7 heteroatoms. The van der Waals surface area contributed by atoms with Crippen molar-refractivity contribution in [3.05, 3.63) is 84.2 Å². The predicted molar refractivity (Wildman–Crippen MR) is 111 cm³/mol. The Labute approximate surface area is 170 Å². The molecule has 29 heavy (non-hydrogen) atoms. The summed E-state index contributed by atoms with van der Waals surface area (Å²) in [6.07, 6.45) is 3.73. The molecule has 0 radical (unpaired) electrons. The molecule has 0 saturated heterocycles. The van der Waals surface area contributed by atoms with Crippen LogP contribution in [0.2, 0.25) is 0 Å². The zero-order valence-corrected chi connectivity index (χ0v) is 16.6. The van der Waals surface area contributed by atoms with Gasteiger partial charge in [0.15, 0.2) is 0 Å². The highest BCUT2D eigenvalue weighted by atomic mass is 16.2. The summed E-state index contributed by atoms with van der Waals surface area (Å²) in [5.41, 5.74) is 2.74. The quantitative estimate of drug-likeness (QED) is 0.649. The second-order valence-electron chi connectivity index (χ2n) is 6.71. The fraction of sp³-hybridized carbons (Fsp3) is 0.227. The van der Waals surface area contributed by atoms with Gasteiger partial charge in [-0.05, 0) is 31.7 Å². The molecule has 2 N–H and O–H groups in total. The first-order chi connectivity index (χ1) is 14.1. The molecule has 1 unspecified atom stereocenters. The Morgan fingerprint density at radius 2 is 1.72 bits per heavy atom. The third-order valence-electron chi connectivity index (χ3n) is 4.47. The molecule has 0 aliphatic heterocycles. The second kappa shape index (κ2) is 9.66. The van der Waals surface area contributed by atoms with Crippen molar-refractivity contribution in [2.75, 3.05) is 13.6 Å². The van der Waals surface area contributed by atoms with E-state index in [9.17, 15) is 9.59 Å². The van der Waals surface area contributed by atoms with Crippen molar-refractivity contribution in [3.63, 3.8) is 0 Å². The predicted octanol–water partition coefficient (Wildman–Crippen LogP) is 2.89. The van der Waals surface area contributed by atoms with Crippen molar-refractivity contribution >= 4 is 11.9 Å². The lowest BCUT2D eigenvalue weighted by Crippen LogP contribution is -2.45. The first kappa shape index (κ1) is 20.3. The Kier molecular flexibility index (Phi) is 6.76. The van der Waals surface area contributed by atoms with E-state index >= 15 is 0 Å². The number of aromatic nitrogens is 2. The van der Waals surface area contributed by atoms with E-state index in [0.29, 0.717) is 13.1 Å². The van der Waals surface area contributed by atoms with Crippen molar-refractivity contribution in [1.29, 1.82) is 0 Å². The van der Waals surface area contributed by atoms with Crippen molar-refractivity contribution in [1.82, 2.24) is 25.3 Å². The van der Waals surface area contributed by atoms with E-state index in [-0.39, 0.29) is 5.91 Å². The van der Waals surface area contributed by atoms with Gasteiger partial charge in [-0.15, -0.1) is 0 Å². The molecule has 1 aromatic heterocycles. The van der Waals surface area contributed by atoms with Crippen LogP contribution in [0.3, 0.4) is 0 Å². The van der Waals surface area contributed by atoms with Gasteiger partial charge in [0, 0.05) is 24.8 Å². The van der Waals surface area contributed by atoms with Gasteiger partial charge in [-0.25, -0.2) is 9.48 Å². The van der Waals surface area contributed by atoms with Crippen LogP contribution in [-0.4, -0.2) is 40.2 Å². The first-order valence-electron chi connectivity index (χ1n) is 9.51. The third kappa shape index (κ3) is 5.30. The summed E-state index contributed by atoms with van der Waals surface area (Å²) in [5, 5.41) is 9.43. The summed E-state index contributed by atoms with van der Waals surface area (Å²) in [6.45, 7) is 2.74. The van der Waals surface area contributed by atoms with Crippen LogP contribution in [-0.2, 0) is 11.3 Å². The summed E-state index contributed by atoms with van der Waals surface area (Å²) in [4.78, 5) is 26.6. The molecule has 3 rings (SSSR count). The number of benzene rings is 2. The molecular weight excluding hydrogens is 366 g/mol. The highest BCUT2D eigenvalue weighted by Gasteiger charge is 2.26. The average Bonchev–Trinajstić information content (AvgIpc) is 3.18. The van der Waals surface area contributed by atoms with Crippen molar-refractivity contribution in [2.45, 2.75) is 19.5 Å². The SMILES string of the molecule is CCNC(=O)NC(=O)C(c1ccccc1)N(C)Cc1cnn(-c2ccccc2)c1. The van der Waals surface area contributed by atoms with Crippen LogP contribution in [0.1, 0.15) is 24.1 Å². The Bertz CT molecular complexity index is 940. The van der Waals surface area contributed by atoms with E-state index in [1.165, 1.54) is 0 Å². The third-order valence-corrected chi connectivity index (χ3v) is 4.47. The molecule has 2 aromatic carbocycles. The molecule has 7 nitrogen and oxygen atoms in total. The zero-order valence-electron chi connectivity index (χ0n) is 16.6. The molecule has 0 spiro atoms. The number of rotatable bonds is 7. The average molecular weight is 391 g/mol. The Balaban J connectivity index is 1.78. The number of hydrogen-bond acceptors (Lipinski definition) is 4. The topological polar surface area (TPSA) is 79.3 Å². The van der Waals surface area contributed by atoms with E-state index in [0.717, 1.165) is 16.8 Å². The van der Waals surface area contributed by atoms with Gasteiger partial charge in [0.1, 0.15) is 6.04 Å². The number of amides is 3. The fourth-order valence-corrected chi connectivity index (χ4v) is 3.17.